The number of nitrogens with zero attached hydrogens (tertiary/aromatic N) is 2. The number of pyridine rings is 1. The lowest BCUT2D eigenvalue weighted by Crippen LogP contribution is -2.32. The van der Waals surface area contributed by atoms with Gasteiger partial charge >= 0.3 is 0 Å². The maximum atomic E-state index is 12.4. The van der Waals surface area contributed by atoms with E-state index in [9.17, 15) is 9.59 Å². The van der Waals surface area contributed by atoms with Crippen LogP contribution in [0, 0.1) is 5.92 Å². The minimum Gasteiger partial charge on any atom is -0.352 e. The molecule has 1 aromatic carbocycles. The minimum atomic E-state index is -0.302. The number of carbonyl (C=O) groups is 2. The summed E-state index contributed by atoms with van der Waals surface area (Å²) in [6.45, 7) is 2.97. The number of benzene rings is 1. The van der Waals surface area contributed by atoms with E-state index in [0.717, 1.165) is 23.2 Å². The lowest BCUT2D eigenvalue weighted by atomic mass is 10.1. The number of hydrogen-bond donors (Lipinski definition) is 1. The maximum Gasteiger partial charge on any atom is 0.227 e. The first-order valence-corrected chi connectivity index (χ1v) is 8.24. The summed E-state index contributed by atoms with van der Waals surface area (Å²) < 4.78 is 0. The molecule has 1 unspecified atom stereocenters. The summed E-state index contributed by atoms with van der Waals surface area (Å²) in [5.41, 5.74) is 3.05. The fourth-order valence-corrected chi connectivity index (χ4v) is 3.02. The molecular weight excluding hydrogens is 302 g/mol. The highest BCUT2D eigenvalue weighted by Crippen LogP contribution is 2.28. The zero-order chi connectivity index (χ0) is 16.9. The van der Waals surface area contributed by atoms with Crippen LogP contribution in [0.3, 0.4) is 0 Å². The number of anilines is 1. The number of para-hydroxylation sites is 1. The van der Waals surface area contributed by atoms with Gasteiger partial charge in [-0.25, -0.2) is 0 Å². The van der Waals surface area contributed by atoms with Gasteiger partial charge in [0.1, 0.15) is 0 Å². The summed E-state index contributed by atoms with van der Waals surface area (Å²) in [7, 11) is 0. The van der Waals surface area contributed by atoms with Crippen molar-refractivity contribution in [2.45, 2.75) is 26.3 Å². The van der Waals surface area contributed by atoms with Crippen molar-refractivity contribution >= 4 is 17.5 Å². The van der Waals surface area contributed by atoms with Gasteiger partial charge in [0.15, 0.2) is 0 Å². The van der Waals surface area contributed by atoms with E-state index in [4.69, 9.17) is 0 Å². The molecule has 0 spiro atoms. The molecule has 0 radical (unpaired) electrons. The van der Waals surface area contributed by atoms with Crippen molar-refractivity contribution in [3.8, 4) is 0 Å². The predicted molar refractivity (Wildman–Crippen MR) is 92.4 cm³/mol. The van der Waals surface area contributed by atoms with E-state index in [1.165, 1.54) is 0 Å². The zero-order valence-corrected chi connectivity index (χ0v) is 13.7. The molecule has 1 fully saturated rings. The molecule has 1 aromatic heterocycles. The van der Waals surface area contributed by atoms with E-state index in [1.807, 2.05) is 36.4 Å². The molecule has 1 saturated heterocycles. The van der Waals surface area contributed by atoms with Crippen molar-refractivity contribution in [3.05, 3.63) is 59.9 Å². The van der Waals surface area contributed by atoms with Gasteiger partial charge in [0.05, 0.1) is 5.92 Å². The summed E-state index contributed by atoms with van der Waals surface area (Å²) in [5, 5.41) is 2.92. The third-order valence-corrected chi connectivity index (χ3v) is 4.38. The molecule has 0 bridgehead atoms. The summed E-state index contributed by atoms with van der Waals surface area (Å²) in [6, 6.07) is 11.6. The van der Waals surface area contributed by atoms with Gasteiger partial charge in [0.25, 0.3) is 0 Å². The van der Waals surface area contributed by atoms with Gasteiger partial charge in [-0.1, -0.05) is 25.1 Å². The number of aryl methyl sites for hydroxylation is 1. The second-order valence-corrected chi connectivity index (χ2v) is 5.96. The molecule has 24 heavy (non-hydrogen) atoms. The minimum absolute atomic E-state index is 0.0139. The molecule has 5 heteroatoms. The average Bonchev–Trinajstić information content (AvgIpc) is 3.02. The van der Waals surface area contributed by atoms with Crippen LogP contribution >= 0.6 is 0 Å². The standard InChI is InChI=1S/C19H21N3O2/c1-2-15-5-3-4-6-17(15)22-13-16(11-18(22)23)19(24)21-12-14-7-9-20-10-8-14/h3-10,16H,2,11-13H2,1H3,(H,21,24). The molecule has 2 amide bonds. The first-order valence-electron chi connectivity index (χ1n) is 8.24. The average molecular weight is 323 g/mol. The molecule has 0 saturated carbocycles. The van der Waals surface area contributed by atoms with Crippen molar-refractivity contribution in [1.29, 1.82) is 0 Å². The van der Waals surface area contributed by atoms with E-state index < -0.39 is 0 Å². The summed E-state index contributed by atoms with van der Waals surface area (Å²) in [5.74, 6) is -0.360. The molecule has 2 aromatic rings. The summed E-state index contributed by atoms with van der Waals surface area (Å²) >= 11 is 0. The van der Waals surface area contributed by atoms with Gasteiger partial charge in [-0.15, -0.1) is 0 Å². The largest absolute Gasteiger partial charge is 0.352 e. The lowest BCUT2D eigenvalue weighted by molar-refractivity contribution is -0.126. The maximum absolute atomic E-state index is 12.4. The Morgan fingerprint density at radius 2 is 2.00 bits per heavy atom. The van der Waals surface area contributed by atoms with Crippen LogP contribution in [0.25, 0.3) is 0 Å². The van der Waals surface area contributed by atoms with Gasteiger partial charge in [0, 0.05) is 37.6 Å². The number of rotatable bonds is 5. The molecule has 1 N–H and O–H groups in total. The summed E-state index contributed by atoms with van der Waals surface area (Å²) in [4.78, 5) is 30.5. The Balaban J connectivity index is 1.65. The second-order valence-electron chi connectivity index (χ2n) is 5.96. The quantitative estimate of drug-likeness (QED) is 0.918. The van der Waals surface area contributed by atoms with Gasteiger partial charge in [-0.05, 0) is 35.7 Å². The molecule has 124 valence electrons. The van der Waals surface area contributed by atoms with Crippen molar-refractivity contribution in [2.24, 2.45) is 5.92 Å². The van der Waals surface area contributed by atoms with Crippen molar-refractivity contribution in [2.75, 3.05) is 11.4 Å². The molecule has 0 aliphatic carbocycles. The van der Waals surface area contributed by atoms with Crippen LogP contribution in [-0.2, 0) is 22.6 Å². The molecule has 1 atom stereocenters. The Labute approximate surface area is 141 Å². The number of carbonyl (C=O) groups excluding carboxylic acids is 2. The van der Waals surface area contributed by atoms with Gasteiger partial charge in [-0.2, -0.15) is 0 Å². The molecule has 1 aliphatic heterocycles. The Morgan fingerprint density at radius 3 is 2.75 bits per heavy atom. The Hall–Kier alpha value is -2.69. The van der Waals surface area contributed by atoms with E-state index in [2.05, 4.69) is 17.2 Å². The van der Waals surface area contributed by atoms with E-state index >= 15 is 0 Å². The van der Waals surface area contributed by atoms with Gasteiger partial charge in [0.2, 0.25) is 11.8 Å². The van der Waals surface area contributed by atoms with Crippen molar-refractivity contribution in [1.82, 2.24) is 10.3 Å². The lowest BCUT2D eigenvalue weighted by Gasteiger charge is -2.20. The highest BCUT2D eigenvalue weighted by Gasteiger charge is 2.35. The summed E-state index contributed by atoms with van der Waals surface area (Å²) in [6.07, 6.45) is 4.52. The van der Waals surface area contributed by atoms with Crippen molar-refractivity contribution in [3.63, 3.8) is 0 Å². The Morgan fingerprint density at radius 1 is 1.25 bits per heavy atom. The monoisotopic (exact) mass is 323 g/mol. The van der Waals surface area contributed by atoms with Crippen LogP contribution in [0.4, 0.5) is 5.69 Å². The molecule has 2 heterocycles. The number of amides is 2. The number of nitrogens with one attached hydrogen (secondary N) is 1. The fourth-order valence-electron chi connectivity index (χ4n) is 3.02. The normalized spacial score (nSPS) is 17.1. The van der Waals surface area contributed by atoms with Gasteiger partial charge < -0.3 is 10.2 Å². The Bertz CT molecular complexity index is 730. The first-order chi connectivity index (χ1) is 11.7. The zero-order valence-electron chi connectivity index (χ0n) is 13.7. The van der Waals surface area contributed by atoms with Crippen LogP contribution in [0.5, 0.6) is 0 Å². The fraction of sp³-hybridized carbons (Fsp3) is 0.316. The van der Waals surface area contributed by atoms with Gasteiger partial charge in [-0.3, -0.25) is 14.6 Å². The number of aromatic nitrogens is 1. The molecule has 1 aliphatic rings. The predicted octanol–water partition coefficient (Wildman–Crippen LogP) is 2.31. The SMILES string of the molecule is CCc1ccccc1N1CC(C(=O)NCc2ccncc2)CC1=O. The van der Waals surface area contributed by atoms with Crippen LogP contribution in [0.1, 0.15) is 24.5 Å². The topological polar surface area (TPSA) is 62.3 Å². The second kappa shape index (κ2) is 7.25. The van der Waals surface area contributed by atoms with Crippen LogP contribution in [0.2, 0.25) is 0 Å². The van der Waals surface area contributed by atoms with Crippen LogP contribution < -0.4 is 10.2 Å². The van der Waals surface area contributed by atoms with Crippen LogP contribution in [0.15, 0.2) is 48.8 Å². The Kier molecular flexibility index (Phi) is 4.89. The molecule has 5 nitrogen and oxygen atoms in total. The van der Waals surface area contributed by atoms with E-state index in [0.29, 0.717) is 13.1 Å². The third-order valence-electron chi connectivity index (χ3n) is 4.38. The van der Waals surface area contributed by atoms with Crippen LogP contribution in [-0.4, -0.2) is 23.3 Å². The van der Waals surface area contributed by atoms with E-state index in [-0.39, 0.29) is 24.2 Å². The van der Waals surface area contributed by atoms with Crippen molar-refractivity contribution < 1.29 is 9.59 Å². The highest BCUT2D eigenvalue weighted by molar-refractivity contribution is 6.00. The molecular formula is C19H21N3O2. The highest BCUT2D eigenvalue weighted by atomic mass is 16.2. The van der Waals surface area contributed by atoms with E-state index in [1.54, 1.807) is 17.3 Å². The third kappa shape index (κ3) is 3.45. The number of hydrogen-bond acceptors (Lipinski definition) is 3. The smallest absolute Gasteiger partial charge is 0.227 e. The molecule has 3 rings (SSSR count). The first kappa shape index (κ1) is 16.2.